The Morgan fingerprint density at radius 2 is 2.35 bits per heavy atom. The standard InChI is InChI=1S/C16H24N4O2S/c1-11-10-20(6-7-21-11)14(15-5-4-8-23-15)9-17-12(2)16-19-18-13(3)22-16/h4-5,8,11-12,14,17H,6-7,9-10H2,1-3H3/t11-,12-,14-/m0/s1. The summed E-state index contributed by atoms with van der Waals surface area (Å²) in [5.74, 6) is 1.24. The van der Waals surface area contributed by atoms with Gasteiger partial charge in [0.15, 0.2) is 0 Å². The lowest BCUT2D eigenvalue weighted by Crippen LogP contribution is -2.45. The Hall–Kier alpha value is -1.28. The van der Waals surface area contributed by atoms with Crippen molar-refractivity contribution in [3.63, 3.8) is 0 Å². The highest BCUT2D eigenvalue weighted by Crippen LogP contribution is 2.27. The van der Waals surface area contributed by atoms with Gasteiger partial charge in [0.05, 0.1) is 24.8 Å². The van der Waals surface area contributed by atoms with Crippen LogP contribution in [0.2, 0.25) is 0 Å². The fraction of sp³-hybridized carbons (Fsp3) is 0.625. The van der Waals surface area contributed by atoms with E-state index in [-0.39, 0.29) is 12.1 Å². The Morgan fingerprint density at radius 1 is 1.48 bits per heavy atom. The average Bonchev–Trinajstić information content (AvgIpc) is 3.19. The molecule has 1 fully saturated rings. The summed E-state index contributed by atoms with van der Waals surface area (Å²) in [5, 5.41) is 13.7. The molecule has 7 heteroatoms. The van der Waals surface area contributed by atoms with Gasteiger partial charge in [-0.05, 0) is 25.3 Å². The molecule has 0 aromatic carbocycles. The molecule has 0 saturated carbocycles. The summed E-state index contributed by atoms with van der Waals surface area (Å²) in [4.78, 5) is 3.87. The zero-order valence-electron chi connectivity index (χ0n) is 13.9. The first-order chi connectivity index (χ1) is 11.1. The highest BCUT2D eigenvalue weighted by atomic mass is 32.1. The van der Waals surface area contributed by atoms with E-state index in [1.807, 2.05) is 6.92 Å². The summed E-state index contributed by atoms with van der Waals surface area (Å²) >= 11 is 1.80. The van der Waals surface area contributed by atoms with Crippen molar-refractivity contribution in [3.05, 3.63) is 34.2 Å². The van der Waals surface area contributed by atoms with Crippen LogP contribution in [0.25, 0.3) is 0 Å². The molecule has 0 unspecified atom stereocenters. The zero-order chi connectivity index (χ0) is 16.2. The van der Waals surface area contributed by atoms with Crippen LogP contribution in [-0.2, 0) is 4.74 Å². The number of ether oxygens (including phenoxy) is 1. The number of aryl methyl sites for hydroxylation is 1. The molecule has 3 heterocycles. The Bertz CT molecular complexity index is 601. The summed E-state index contributed by atoms with van der Waals surface area (Å²) in [6, 6.07) is 4.70. The van der Waals surface area contributed by atoms with Crippen molar-refractivity contribution >= 4 is 11.3 Å². The number of nitrogens with one attached hydrogen (secondary N) is 1. The molecule has 1 aliphatic heterocycles. The summed E-state index contributed by atoms with van der Waals surface area (Å²) in [6.07, 6.45) is 0.280. The predicted molar refractivity (Wildman–Crippen MR) is 89.5 cm³/mol. The van der Waals surface area contributed by atoms with Crippen molar-refractivity contribution in [1.82, 2.24) is 20.4 Å². The van der Waals surface area contributed by atoms with Crippen molar-refractivity contribution in [2.75, 3.05) is 26.2 Å². The minimum absolute atomic E-state index is 0.0390. The second-order valence-electron chi connectivity index (χ2n) is 6.00. The van der Waals surface area contributed by atoms with Crippen molar-refractivity contribution in [1.29, 1.82) is 0 Å². The van der Waals surface area contributed by atoms with Gasteiger partial charge in [-0.25, -0.2) is 0 Å². The summed E-state index contributed by atoms with van der Waals surface area (Å²) in [5.41, 5.74) is 0. The number of rotatable bonds is 6. The molecule has 0 spiro atoms. The second-order valence-corrected chi connectivity index (χ2v) is 6.98. The Morgan fingerprint density at radius 3 is 3.00 bits per heavy atom. The van der Waals surface area contributed by atoms with Gasteiger partial charge in [0.1, 0.15) is 0 Å². The molecule has 2 aromatic heterocycles. The van der Waals surface area contributed by atoms with E-state index in [1.54, 1.807) is 11.3 Å². The lowest BCUT2D eigenvalue weighted by Gasteiger charge is -2.37. The van der Waals surface area contributed by atoms with E-state index in [2.05, 4.69) is 51.8 Å². The molecule has 2 aromatic rings. The molecule has 1 N–H and O–H groups in total. The van der Waals surface area contributed by atoms with Crippen molar-refractivity contribution < 1.29 is 9.15 Å². The largest absolute Gasteiger partial charge is 0.424 e. The first-order valence-corrected chi connectivity index (χ1v) is 8.94. The predicted octanol–water partition coefficient (Wildman–Crippen LogP) is 2.55. The van der Waals surface area contributed by atoms with Crippen LogP contribution in [0, 0.1) is 6.92 Å². The van der Waals surface area contributed by atoms with Crippen LogP contribution in [-0.4, -0.2) is 47.4 Å². The van der Waals surface area contributed by atoms with Gasteiger partial charge in [-0.3, -0.25) is 4.90 Å². The fourth-order valence-electron chi connectivity index (χ4n) is 2.88. The summed E-state index contributed by atoms with van der Waals surface area (Å²) in [6.45, 7) is 9.56. The number of nitrogens with zero attached hydrogens (tertiary/aromatic N) is 3. The second kappa shape index (κ2) is 7.53. The van der Waals surface area contributed by atoms with Crippen LogP contribution in [0.1, 0.15) is 42.6 Å². The van der Waals surface area contributed by atoms with Gasteiger partial charge >= 0.3 is 0 Å². The number of hydrogen-bond donors (Lipinski definition) is 1. The Balaban J connectivity index is 1.66. The maximum absolute atomic E-state index is 5.68. The van der Waals surface area contributed by atoms with E-state index in [1.165, 1.54) is 4.88 Å². The maximum atomic E-state index is 5.68. The third-order valence-corrected chi connectivity index (χ3v) is 5.09. The third-order valence-electron chi connectivity index (χ3n) is 4.11. The van der Waals surface area contributed by atoms with Crippen molar-refractivity contribution in [2.24, 2.45) is 0 Å². The quantitative estimate of drug-likeness (QED) is 0.875. The van der Waals surface area contributed by atoms with Gasteiger partial charge in [-0.15, -0.1) is 21.5 Å². The first-order valence-electron chi connectivity index (χ1n) is 8.06. The smallest absolute Gasteiger partial charge is 0.233 e. The van der Waals surface area contributed by atoms with Crippen LogP contribution in [0.3, 0.4) is 0 Å². The molecular formula is C16H24N4O2S. The molecule has 0 radical (unpaired) electrons. The molecule has 0 amide bonds. The van der Waals surface area contributed by atoms with Crippen LogP contribution >= 0.6 is 11.3 Å². The molecule has 6 nitrogen and oxygen atoms in total. The molecular weight excluding hydrogens is 312 g/mol. The van der Waals surface area contributed by atoms with E-state index in [9.17, 15) is 0 Å². The SMILES string of the molecule is Cc1nnc([C@H](C)NC[C@@H](c2cccs2)N2CCO[C@@H](C)C2)o1. The molecule has 0 aliphatic carbocycles. The normalized spacial score (nSPS) is 22.1. The molecule has 23 heavy (non-hydrogen) atoms. The first kappa shape index (κ1) is 16.6. The molecule has 126 valence electrons. The van der Waals surface area contributed by atoms with E-state index in [4.69, 9.17) is 9.15 Å². The van der Waals surface area contributed by atoms with Crippen LogP contribution in [0.5, 0.6) is 0 Å². The van der Waals surface area contributed by atoms with Gasteiger partial charge in [-0.1, -0.05) is 6.07 Å². The van der Waals surface area contributed by atoms with E-state index >= 15 is 0 Å². The highest BCUT2D eigenvalue weighted by Gasteiger charge is 2.27. The topological polar surface area (TPSA) is 63.4 Å². The number of aromatic nitrogens is 2. The van der Waals surface area contributed by atoms with Gasteiger partial charge in [0, 0.05) is 31.4 Å². The van der Waals surface area contributed by atoms with Gasteiger partial charge in [-0.2, -0.15) is 0 Å². The van der Waals surface area contributed by atoms with E-state index in [0.29, 0.717) is 17.8 Å². The molecule has 3 atom stereocenters. The van der Waals surface area contributed by atoms with Gasteiger partial charge in [0.2, 0.25) is 11.8 Å². The minimum Gasteiger partial charge on any atom is -0.424 e. The highest BCUT2D eigenvalue weighted by molar-refractivity contribution is 7.10. The number of thiophene rings is 1. The van der Waals surface area contributed by atoms with Crippen LogP contribution < -0.4 is 5.32 Å². The lowest BCUT2D eigenvalue weighted by molar-refractivity contribution is -0.0342. The molecule has 1 aliphatic rings. The lowest BCUT2D eigenvalue weighted by atomic mass is 10.1. The third kappa shape index (κ3) is 4.17. The molecule has 3 rings (SSSR count). The van der Waals surface area contributed by atoms with Gasteiger partial charge in [0.25, 0.3) is 0 Å². The van der Waals surface area contributed by atoms with E-state index in [0.717, 1.165) is 26.2 Å². The Kier molecular flexibility index (Phi) is 5.42. The molecule has 1 saturated heterocycles. The van der Waals surface area contributed by atoms with Gasteiger partial charge < -0.3 is 14.5 Å². The van der Waals surface area contributed by atoms with Crippen molar-refractivity contribution in [3.8, 4) is 0 Å². The monoisotopic (exact) mass is 336 g/mol. The number of morpholine rings is 1. The zero-order valence-corrected chi connectivity index (χ0v) is 14.7. The minimum atomic E-state index is 0.0390. The molecule has 0 bridgehead atoms. The van der Waals surface area contributed by atoms with Crippen molar-refractivity contribution in [2.45, 2.75) is 39.0 Å². The van der Waals surface area contributed by atoms with Crippen LogP contribution in [0.4, 0.5) is 0 Å². The number of hydrogen-bond acceptors (Lipinski definition) is 7. The average molecular weight is 336 g/mol. The van der Waals surface area contributed by atoms with Crippen LogP contribution in [0.15, 0.2) is 21.9 Å². The maximum Gasteiger partial charge on any atom is 0.233 e. The summed E-state index contributed by atoms with van der Waals surface area (Å²) in [7, 11) is 0. The Labute approximate surface area is 140 Å². The summed E-state index contributed by atoms with van der Waals surface area (Å²) < 4.78 is 11.2. The van der Waals surface area contributed by atoms with E-state index < -0.39 is 0 Å². The fourth-order valence-corrected chi connectivity index (χ4v) is 3.74.